The molecule has 2 bridgehead atoms. The lowest BCUT2D eigenvalue weighted by molar-refractivity contribution is 0.0702. The largest absolute Gasteiger partial charge is 0.326 e. The van der Waals surface area contributed by atoms with Gasteiger partial charge in [0.05, 0.1) is 5.54 Å². The fourth-order valence-electron chi connectivity index (χ4n) is 4.49. The summed E-state index contributed by atoms with van der Waals surface area (Å²) in [7, 11) is 2.03. The van der Waals surface area contributed by atoms with Gasteiger partial charge in [0.25, 0.3) is 0 Å². The van der Waals surface area contributed by atoms with Gasteiger partial charge in [0.15, 0.2) is 0 Å². The van der Waals surface area contributed by atoms with Gasteiger partial charge in [-0.25, -0.2) is 0 Å². The van der Waals surface area contributed by atoms with Gasteiger partial charge in [0, 0.05) is 17.7 Å². The fraction of sp³-hybridized carbons (Fsp3) is 0.562. The van der Waals surface area contributed by atoms with Crippen molar-refractivity contribution in [3.8, 4) is 0 Å². The Morgan fingerprint density at radius 1 is 1.53 bits per heavy atom. The maximum atomic E-state index is 11.6. The predicted octanol–water partition coefficient (Wildman–Crippen LogP) is 2.19. The van der Waals surface area contributed by atoms with Crippen LogP contribution in [0.25, 0.3) is 0 Å². The second-order valence-electron chi connectivity index (χ2n) is 6.21. The van der Waals surface area contributed by atoms with Crippen LogP contribution in [0.5, 0.6) is 0 Å². The molecule has 3 nitrogen and oxygen atoms in total. The smallest absolute Gasteiger partial charge is 0.248 e. The number of rotatable bonds is 2. The van der Waals surface area contributed by atoms with Crippen LogP contribution in [0, 0.1) is 17.8 Å². The molecule has 1 aromatic rings. The predicted molar refractivity (Wildman–Crippen MR) is 77.1 cm³/mol. The van der Waals surface area contributed by atoms with Crippen molar-refractivity contribution < 1.29 is 0 Å². The van der Waals surface area contributed by atoms with Crippen LogP contribution >= 0.6 is 0 Å². The first-order valence-electron chi connectivity index (χ1n) is 7.15. The Balaban J connectivity index is 2.22. The molecule has 0 aromatic carbocycles. The van der Waals surface area contributed by atoms with E-state index in [1.807, 2.05) is 13.1 Å². The molecule has 102 valence electrons. The Morgan fingerprint density at radius 2 is 2.32 bits per heavy atom. The third kappa shape index (κ3) is 1.71. The zero-order chi connectivity index (χ0) is 13.6. The minimum Gasteiger partial charge on any atom is -0.326 e. The SMILES string of the molecule is C=CC1C2Cc3[nH]c(=O)ccc3C1(NC)CC(C)C2. The standard InChI is InChI=1S/C16H22N2O/c1-4-12-11-7-10(2)9-16(12,17-3)13-5-6-15(19)18-14(13)8-11/h4-6,10-12,17H,1,7-9H2,2-3H3,(H,18,19). The van der Waals surface area contributed by atoms with Crippen molar-refractivity contribution in [2.24, 2.45) is 17.8 Å². The van der Waals surface area contributed by atoms with Crippen molar-refractivity contribution in [2.75, 3.05) is 7.05 Å². The lowest BCUT2D eigenvalue weighted by Gasteiger charge is -2.53. The van der Waals surface area contributed by atoms with Crippen molar-refractivity contribution in [1.82, 2.24) is 10.3 Å². The molecule has 3 heteroatoms. The summed E-state index contributed by atoms with van der Waals surface area (Å²) >= 11 is 0. The molecular formula is C16H22N2O. The number of hydrogen-bond acceptors (Lipinski definition) is 2. The normalized spacial score (nSPS) is 36.6. The van der Waals surface area contributed by atoms with E-state index in [0.717, 1.165) is 18.5 Å². The summed E-state index contributed by atoms with van der Waals surface area (Å²) < 4.78 is 0. The molecule has 1 aromatic heterocycles. The second-order valence-corrected chi connectivity index (χ2v) is 6.21. The minimum atomic E-state index is -0.0537. The quantitative estimate of drug-likeness (QED) is 0.799. The molecule has 2 aliphatic carbocycles. The van der Waals surface area contributed by atoms with Crippen molar-refractivity contribution in [3.63, 3.8) is 0 Å². The Bertz CT molecular complexity index is 562. The van der Waals surface area contributed by atoms with Crippen LogP contribution in [-0.4, -0.2) is 12.0 Å². The van der Waals surface area contributed by atoms with Gasteiger partial charge in [-0.2, -0.15) is 0 Å². The molecule has 1 saturated carbocycles. The molecule has 3 rings (SSSR count). The van der Waals surface area contributed by atoms with Crippen LogP contribution in [0.4, 0.5) is 0 Å². The molecule has 0 saturated heterocycles. The van der Waals surface area contributed by atoms with E-state index in [1.165, 1.54) is 12.0 Å². The van der Waals surface area contributed by atoms with Crippen LogP contribution in [0.3, 0.4) is 0 Å². The molecule has 4 atom stereocenters. The number of aromatic nitrogens is 1. The summed E-state index contributed by atoms with van der Waals surface area (Å²) in [4.78, 5) is 14.6. The third-order valence-corrected chi connectivity index (χ3v) is 5.10. The lowest BCUT2D eigenvalue weighted by Crippen LogP contribution is -2.56. The number of aromatic amines is 1. The first kappa shape index (κ1) is 12.7. The molecule has 2 N–H and O–H groups in total. The van der Waals surface area contributed by atoms with Gasteiger partial charge in [-0.05, 0) is 49.8 Å². The van der Waals surface area contributed by atoms with E-state index in [-0.39, 0.29) is 11.1 Å². The van der Waals surface area contributed by atoms with Gasteiger partial charge in [-0.1, -0.05) is 13.0 Å². The first-order chi connectivity index (χ1) is 9.10. The molecule has 2 aliphatic rings. The molecule has 0 amide bonds. The Kier molecular flexibility index (Phi) is 2.90. The highest BCUT2D eigenvalue weighted by molar-refractivity contribution is 5.36. The molecule has 0 spiro atoms. The summed E-state index contributed by atoms with van der Waals surface area (Å²) in [6.07, 6.45) is 5.41. The average molecular weight is 258 g/mol. The van der Waals surface area contributed by atoms with Crippen LogP contribution in [0.2, 0.25) is 0 Å². The lowest BCUT2D eigenvalue weighted by atomic mass is 9.56. The van der Waals surface area contributed by atoms with E-state index in [0.29, 0.717) is 17.8 Å². The van der Waals surface area contributed by atoms with E-state index >= 15 is 0 Å². The number of fused-ring (bicyclic) bond motifs is 4. The van der Waals surface area contributed by atoms with E-state index in [2.05, 4.69) is 29.9 Å². The molecular weight excluding hydrogens is 236 g/mol. The molecule has 1 heterocycles. The van der Waals surface area contributed by atoms with Crippen LogP contribution < -0.4 is 10.9 Å². The molecule has 0 radical (unpaired) electrons. The molecule has 4 unspecified atom stereocenters. The zero-order valence-corrected chi connectivity index (χ0v) is 11.7. The number of H-pyrrole nitrogens is 1. The van der Waals surface area contributed by atoms with E-state index in [1.54, 1.807) is 6.07 Å². The highest BCUT2D eigenvalue weighted by Crippen LogP contribution is 2.52. The van der Waals surface area contributed by atoms with Crippen molar-refractivity contribution >= 4 is 0 Å². The summed E-state index contributed by atoms with van der Waals surface area (Å²) in [5.41, 5.74) is 2.34. The maximum absolute atomic E-state index is 11.6. The van der Waals surface area contributed by atoms with E-state index < -0.39 is 0 Å². The van der Waals surface area contributed by atoms with Gasteiger partial charge in [-0.15, -0.1) is 6.58 Å². The number of nitrogens with one attached hydrogen (secondary N) is 2. The second kappa shape index (κ2) is 4.34. The highest BCUT2D eigenvalue weighted by atomic mass is 16.1. The summed E-state index contributed by atoms with van der Waals surface area (Å²) in [5.74, 6) is 1.74. The average Bonchev–Trinajstić information content (AvgIpc) is 2.37. The number of pyridine rings is 1. The van der Waals surface area contributed by atoms with E-state index in [9.17, 15) is 4.79 Å². The molecule has 0 aliphatic heterocycles. The van der Waals surface area contributed by atoms with Gasteiger partial charge >= 0.3 is 0 Å². The summed E-state index contributed by atoms with van der Waals surface area (Å²) in [6.45, 7) is 6.39. The van der Waals surface area contributed by atoms with Crippen LogP contribution in [-0.2, 0) is 12.0 Å². The fourth-order valence-corrected chi connectivity index (χ4v) is 4.49. The monoisotopic (exact) mass is 258 g/mol. The van der Waals surface area contributed by atoms with Gasteiger partial charge in [-0.3, -0.25) is 4.79 Å². The minimum absolute atomic E-state index is 0.00757. The van der Waals surface area contributed by atoms with Gasteiger partial charge in [0.1, 0.15) is 0 Å². The third-order valence-electron chi connectivity index (χ3n) is 5.10. The summed E-state index contributed by atoms with van der Waals surface area (Å²) in [5, 5.41) is 3.56. The van der Waals surface area contributed by atoms with E-state index in [4.69, 9.17) is 0 Å². The topological polar surface area (TPSA) is 44.9 Å². The van der Waals surface area contributed by atoms with Gasteiger partial charge < -0.3 is 10.3 Å². The maximum Gasteiger partial charge on any atom is 0.248 e. The van der Waals surface area contributed by atoms with Crippen molar-refractivity contribution in [2.45, 2.75) is 31.7 Å². The van der Waals surface area contributed by atoms with Crippen LogP contribution in [0.15, 0.2) is 29.6 Å². The van der Waals surface area contributed by atoms with Crippen molar-refractivity contribution in [3.05, 3.63) is 46.4 Å². The van der Waals surface area contributed by atoms with Crippen LogP contribution in [0.1, 0.15) is 31.0 Å². The van der Waals surface area contributed by atoms with Gasteiger partial charge in [0.2, 0.25) is 5.56 Å². The first-order valence-corrected chi connectivity index (χ1v) is 7.15. The summed E-state index contributed by atoms with van der Waals surface area (Å²) in [6, 6.07) is 3.66. The molecule has 19 heavy (non-hydrogen) atoms. The Labute approximate surface area is 114 Å². The molecule has 1 fully saturated rings. The zero-order valence-electron chi connectivity index (χ0n) is 11.7. The van der Waals surface area contributed by atoms with Crippen molar-refractivity contribution in [1.29, 1.82) is 0 Å². The number of hydrogen-bond donors (Lipinski definition) is 2. The highest BCUT2D eigenvalue weighted by Gasteiger charge is 2.50. The Morgan fingerprint density at radius 3 is 3.00 bits per heavy atom. The Hall–Kier alpha value is -1.35.